The number of benzene rings is 2. The molecule has 1 aromatic heterocycles. The second kappa shape index (κ2) is 8.42. The van der Waals surface area contributed by atoms with E-state index in [0.717, 1.165) is 11.6 Å². The molecule has 0 bridgehead atoms. The van der Waals surface area contributed by atoms with Crippen LogP contribution in [-0.2, 0) is 22.4 Å². The van der Waals surface area contributed by atoms with Gasteiger partial charge in [-0.15, -0.1) is 5.10 Å². The molecule has 11 heteroatoms. The third kappa shape index (κ3) is 4.87. The average Bonchev–Trinajstić information content (AvgIpc) is 3.07. The van der Waals surface area contributed by atoms with Crippen LogP contribution in [-0.4, -0.2) is 25.0 Å². The summed E-state index contributed by atoms with van der Waals surface area (Å²) >= 11 is 4.29. The first-order valence-electron chi connectivity index (χ1n) is 7.97. The van der Waals surface area contributed by atoms with Crippen LogP contribution in [0.2, 0.25) is 0 Å². The molecule has 0 aliphatic carbocycles. The molecule has 6 nitrogen and oxygen atoms in total. The fourth-order valence-corrected chi connectivity index (χ4v) is 4.51. The zero-order valence-corrected chi connectivity index (χ0v) is 17.5. The number of rotatable bonds is 7. The van der Waals surface area contributed by atoms with E-state index in [4.69, 9.17) is 9.79 Å². The van der Waals surface area contributed by atoms with Crippen molar-refractivity contribution in [1.29, 1.82) is 0 Å². The van der Waals surface area contributed by atoms with Crippen LogP contribution in [0.25, 0.3) is 0 Å². The van der Waals surface area contributed by atoms with Gasteiger partial charge in [-0.1, -0.05) is 70.2 Å². The van der Waals surface area contributed by atoms with Gasteiger partial charge in [0.05, 0.1) is 0 Å². The van der Waals surface area contributed by atoms with Gasteiger partial charge in [0.15, 0.2) is 0 Å². The Kier molecular flexibility index (Phi) is 6.36. The highest BCUT2D eigenvalue weighted by Gasteiger charge is 2.51. The van der Waals surface area contributed by atoms with Crippen LogP contribution in [0.15, 0.2) is 58.2 Å². The molecular formula is C17H15BrF2N3O3PS. The van der Waals surface area contributed by atoms with Crippen molar-refractivity contribution in [2.24, 2.45) is 0 Å². The highest BCUT2D eigenvalue weighted by molar-refractivity contribution is 9.10. The first kappa shape index (κ1) is 21.1. The van der Waals surface area contributed by atoms with Crippen molar-refractivity contribution >= 4 is 35.3 Å². The van der Waals surface area contributed by atoms with Crippen LogP contribution >= 0.6 is 35.3 Å². The van der Waals surface area contributed by atoms with E-state index >= 15 is 0 Å². The number of hydrogen-bond donors (Lipinski definition) is 3. The zero-order chi connectivity index (χ0) is 20.4. The number of halogens is 3. The molecule has 0 amide bonds. The van der Waals surface area contributed by atoms with Crippen molar-refractivity contribution in [3.63, 3.8) is 0 Å². The van der Waals surface area contributed by atoms with Crippen molar-refractivity contribution in [3.8, 4) is 0 Å². The molecular weight excluding hydrogens is 475 g/mol. The van der Waals surface area contributed by atoms with Crippen LogP contribution in [0, 0.1) is 0 Å². The molecule has 28 heavy (non-hydrogen) atoms. The van der Waals surface area contributed by atoms with Crippen molar-refractivity contribution in [2.75, 3.05) is 0 Å². The normalized spacial score (nSPS) is 12.3. The summed E-state index contributed by atoms with van der Waals surface area (Å²) in [6, 6.07) is 13.6. The number of aromatic nitrogens is 3. The third-order valence-electron chi connectivity index (χ3n) is 3.82. The Labute approximate surface area is 172 Å². The van der Waals surface area contributed by atoms with Gasteiger partial charge in [-0.3, -0.25) is 9.66 Å². The van der Waals surface area contributed by atoms with Gasteiger partial charge in [0.1, 0.15) is 5.82 Å². The summed E-state index contributed by atoms with van der Waals surface area (Å²) in [6.45, 7) is 0. The number of aromatic amines is 1. The molecule has 0 radical (unpaired) electrons. The van der Waals surface area contributed by atoms with Crippen molar-refractivity contribution in [1.82, 2.24) is 15.2 Å². The monoisotopic (exact) mass is 489 g/mol. The number of nitrogens with zero attached hydrogens (tertiary/aromatic N) is 2. The Bertz CT molecular complexity index is 1010. The summed E-state index contributed by atoms with van der Waals surface area (Å²) in [4.78, 5) is 22.1. The minimum Gasteiger partial charge on any atom is -0.320 e. The molecule has 0 fully saturated rings. The van der Waals surface area contributed by atoms with Crippen LogP contribution in [0.1, 0.15) is 22.5 Å². The maximum Gasteiger partial charge on any atom is 0.399 e. The van der Waals surface area contributed by atoms with Gasteiger partial charge in [0, 0.05) is 22.2 Å². The van der Waals surface area contributed by atoms with E-state index in [1.165, 1.54) is 23.9 Å². The fraction of sp³-hybridized carbons (Fsp3) is 0.176. The topological polar surface area (TPSA) is 99.1 Å². The second-order valence-corrected chi connectivity index (χ2v) is 9.36. The Morgan fingerprint density at radius 3 is 2.50 bits per heavy atom. The minimum atomic E-state index is -5.61. The molecule has 0 aliphatic heterocycles. The molecule has 148 valence electrons. The van der Waals surface area contributed by atoms with Gasteiger partial charge in [-0.25, -0.2) is 4.98 Å². The number of H-pyrrole nitrogens is 1. The predicted octanol–water partition coefficient (Wildman–Crippen LogP) is 4.68. The summed E-state index contributed by atoms with van der Waals surface area (Å²) < 4.78 is 38.7. The smallest absolute Gasteiger partial charge is 0.320 e. The number of alkyl halides is 2. The van der Waals surface area contributed by atoms with Crippen molar-refractivity contribution < 1.29 is 23.1 Å². The third-order valence-corrected chi connectivity index (χ3v) is 6.36. The van der Waals surface area contributed by atoms with Gasteiger partial charge >= 0.3 is 13.3 Å². The standard InChI is InChI=1S/C17H15BrF2N3O3PS/c18-14-8-12(6-7-13(14)17(19,20)27(24,25)26)10-28-16-21-15(22-23-16)9-11-4-2-1-3-5-11/h1-8H,9-10H2,(H,21,22,23)(H2,24,25,26). The molecule has 2 aromatic carbocycles. The Morgan fingerprint density at radius 1 is 1.14 bits per heavy atom. The molecule has 0 aliphatic rings. The molecule has 0 atom stereocenters. The summed E-state index contributed by atoms with van der Waals surface area (Å²) in [5, 5.41) is 7.52. The molecule has 3 aromatic rings. The molecule has 3 rings (SSSR count). The van der Waals surface area contributed by atoms with E-state index < -0.39 is 18.8 Å². The summed E-state index contributed by atoms with van der Waals surface area (Å²) in [5.74, 6) is 1.12. The van der Waals surface area contributed by atoms with Crippen LogP contribution in [0.4, 0.5) is 8.78 Å². The quantitative estimate of drug-likeness (QED) is 0.329. The highest BCUT2D eigenvalue weighted by Crippen LogP contribution is 2.60. The Balaban J connectivity index is 1.66. The van der Waals surface area contributed by atoms with Crippen molar-refractivity contribution in [2.45, 2.75) is 23.0 Å². The summed E-state index contributed by atoms with van der Waals surface area (Å²) in [6.07, 6.45) is 0.617. The minimum absolute atomic E-state index is 0.0707. The second-order valence-electron chi connectivity index (χ2n) is 5.92. The molecule has 0 saturated carbocycles. The lowest BCUT2D eigenvalue weighted by molar-refractivity contribution is 0.0557. The van der Waals surface area contributed by atoms with Gasteiger partial charge in [0.2, 0.25) is 5.16 Å². The fourth-order valence-electron chi connectivity index (χ4n) is 2.41. The number of nitrogens with one attached hydrogen (secondary N) is 1. The maximum atomic E-state index is 13.9. The molecule has 3 N–H and O–H groups in total. The zero-order valence-electron chi connectivity index (χ0n) is 14.2. The number of thioether (sulfide) groups is 1. The van der Waals surface area contributed by atoms with Gasteiger partial charge in [-0.05, 0) is 17.2 Å². The lowest BCUT2D eigenvalue weighted by Crippen LogP contribution is -2.14. The van der Waals surface area contributed by atoms with E-state index in [9.17, 15) is 13.3 Å². The highest BCUT2D eigenvalue weighted by atomic mass is 79.9. The molecule has 0 unspecified atom stereocenters. The van der Waals surface area contributed by atoms with E-state index in [0.29, 0.717) is 28.7 Å². The first-order valence-corrected chi connectivity index (χ1v) is 11.4. The van der Waals surface area contributed by atoms with E-state index in [1.807, 2.05) is 30.3 Å². The van der Waals surface area contributed by atoms with E-state index in [1.54, 1.807) is 0 Å². The maximum absolute atomic E-state index is 13.9. The largest absolute Gasteiger partial charge is 0.399 e. The van der Waals surface area contributed by atoms with Gasteiger partial charge in [0.25, 0.3) is 0 Å². The Morgan fingerprint density at radius 2 is 1.86 bits per heavy atom. The molecule has 1 heterocycles. The van der Waals surface area contributed by atoms with E-state index in [2.05, 4.69) is 31.1 Å². The van der Waals surface area contributed by atoms with Crippen LogP contribution in [0.3, 0.4) is 0 Å². The van der Waals surface area contributed by atoms with Crippen LogP contribution < -0.4 is 0 Å². The van der Waals surface area contributed by atoms with Gasteiger partial charge in [-0.2, -0.15) is 8.78 Å². The first-order chi connectivity index (χ1) is 13.2. The molecule has 0 spiro atoms. The predicted molar refractivity (Wildman–Crippen MR) is 105 cm³/mol. The summed E-state index contributed by atoms with van der Waals surface area (Å²) in [7, 11) is -5.61. The Hall–Kier alpha value is -1.58. The summed E-state index contributed by atoms with van der Waals surface area (Å²) in [5.41, 5.74) is -3.23. The molecule has 0 saturated heterocycles. The lowest BCUT2D eigenvalue weighted by atomic mass is 10.1. The number of hydrogen-bond acceptors (Lipinski definition) is 4. The lowest BCUT2D eigenvalue weighted by Gasteiger charge is -2.19. The SMILES string of the molecule is O=P(O)(O)C(F)(F)c1ccc(CSc2n[nH]c(Cc3ccccc3)n2)cc1Br. The van der Waals surface area contributed by atoms with Gasteiger partial charge < -0.3 is 9.79 Å². The van der Waals surface area contributed by atoms with E-state index in [-0.39, 0.29) is 4.47 Å². The van der Waals surface area contributed by atoms with Crippen molar-refractivity contribution in [3.05, 3.63) is 75.5 Å². The average molecular weight is 490 g/mol. The van der Waals surface area contributed by atoms with Crippen LogP contribution in [0.5, 0.6) is 0 Å².